The summed E-state index contributed by atoms with van der Waals surface area (Å²) in [6.07, 6.45) is 3.43. The van der Waals surface area contributed by atoms with E-state index in [1.807, 2.05) is 25.1 Å². The predicted octanol–water partition coefficient (Wildman–Crippen LogP) is 2.47. The van der Waals surface area contributed by atoms with Crippen LogP contribution in [0.25, 0.3) is 22.8 Å². The summed E-state index contributed by atoms with van der Waals surface area (Å²) in [6.45, 7) is 7.27. The van der Waals surface area contributed by atoms with Gasteiger partial charge in [0, 0.05) is 52.1 Å². The van der Waals surface area contributed by atoms with Gasteiger partial charge in [-0.3, -0.25) is 4.90 Å². The summed E-state index contributed by atoms with van der Waals surface area (Å²) in [5, 5.41) is 3.97. The first-order valence-electron chi connectivity index (χ1n) is 9.05. The van der Waals surface area contributed by atoms with E-state index in [9.17, 15) is 0 Å². The molecule has 8 heteroatoms. The Hall–Kier alpha value is -2.71. The highest BCUT2D eigenvalue weighted by atomic mass is 16.5. The molecule has 4 heterocycles. The van der Waals surface area contributed by atoms with Crippen LogP contribution in [0.2, 0.25) is 0 Å². The number of aryl methyl sites for hydroxylation is 1. The monoisotopic (exact) mass is 369 g/mol. The van der Waals surface area contributed by atoms with Gasteiger partial charge in [0.25, 0.3) is 0 Å². The summed E-state index contributed by atoms with van der Waals surface area (Å²) < 4.78 is 16.2. The summed E-state index contributed by atoms with van der Waals surface area (Å²) in [5.41, 5.74) is 2.29. The van der Waals surface area contributed by atoms with E-state index in [1.165, 1.54) is 0 Å². The third-order valence-corrected chi connectivity index (χ3v) is 4.69. The molecule has 27 heavy (non-hydrogen) atoms. The Kier molecular flexibility index (Phi) is 5.17. The minimum atomic E-state index is 0.634. The van der Waals surface area contributed by atoms with Gasteiger partial charge < -0.3 is 18.6 Å². The third-order valence-electron chi connectivity index (χ3n) is 4.69. The van der Waals surface area contributed by atoms with Crippen molar-refractivity contribution in [2.24, 2.45) is 0 Å². The Morgan fingerprint density at radius 1 is 1.19 bits per heavy atom. The van der Waals surface area contributed by atoms with E-state index in [-0.39, 0.29) is 0 Å². The van der Waals surface area contributed by atoms with Gasteiger partial charge in [0.05, 0.1) is 24.1 Å². The normalized spacial score (nSPS) is 15.4. The predicted molar refractivity (Wildman–Crippen MR) is 100 cm³/mol. The highest BCUT2D eigenvalue weighted by molar-refractivity contribution is 5.75. The molecule has 3 aromatic rings. The lowest BCUT2D eigenvalue weighted by atomic mass is 10.1. The van der Waals surface area contributed by atoms with Crippen LogP contribution < -0.4 is 4.90 Å². The molecule has 0 aromatic carbocycles. The van der Waals surface area contributed by atoms with Crippen molar-refractivity contribution in [1.29, 1.82) is 0 Å². The third kappa shape index (κ3) is 3.86. The first kappa shape index (κ1) is 17.7. The second-order valence-corrected chi connectivity index (χ2v) is 6.56. The molecule has 0 unspecified atom stereocenters. The molecule has 0 atom stereocenters. The van der Waals surface area contributed by atoms with Crippen LogP contribution in [0, 0.1) is 6.92 Å². The molecular weight excluding hydrogens is 346 g/mol. The molecule has 1 saturated heterocycles. The molecular formula is C19H23N5O3. The summed E-state index contributed by atoms with van der Waals surface area (Å²) in [5.74, 6) is 2.02. The first-order chi connectivity index (χ1) is 13.2. The van der Waals surface area contributed by atoms with Crippen LogP contribution in [-0.4, -0.2) is 66.5 Å². The van der Waals surface area contributed by atoms with E-state index in [4.69, 9.17) is 18.7 Å². The van der Waals surface area contributed by atoms with Gasteiger partial charge in [-0.2, -0.15) is 0 Å². The molecule has 1 aliphatic rings. The van der Waals surface area contributed by atoms with Crippen LogP contribution in [0.1, 0.15) is 5.69 Å². The largest absolute Gasteiger partial charge is 0.463 e. The number of furan rings is 1. The number of ether oxygens (including phenoxy) is 1. The lowest BCUT2D eigenvalue weighted by Gasteiger charge is -2.34. The fraction of sp³-hybridized carbons (Fsp3) is 0.421. The number of anilines is 1. The standard InChI is InChI=1S/C19H23N5O3/c1-14-12-17(27-22-14)15-13-20-19(21-18(15)16-4-3-10-26-16)24-7-5-23(6-8-24)9-11-25-2/h3-4,10,12-13H,5-9,11H2,1-2H3. The zero-order valence-corrected chi connectivity index (χ0v) is 15.6. The maximum absolute atomic E-state index is 5.60. The topological polar surface area (TPSA) is 80.7 Å². The summed E-state index contributed by atoms with van der Waals surface area (Å²) in [4.78, 5) is 14.0. The lowest BCUT2D eigenvalue weighted by Crippen LogP contribution is -2.47. The van der Waals surface area contributed by atoms with Crippen molar-refractivity contribution in [3.05, 3.63) is 36.4 Å². The van der Waals surface area contributed by atoms with E-state index >= 15 is 0 Å². The Morgan fingerprint density at radius 3 is 2.70 bits per heavy atom. The van der Waals surface area contributed by atoms with Gasteiger partial charge in [0.2, 0.25) is 5.95 Å². The maximum atomic E-state index is 5.60. The Bertz CT molecular complexity index is 869. The number of rotatable bonds is 6. The minimum absolute atomic E-state index is 0.634. The average molecular weight is 369 g/mol. The van der Waals surface area contributed by atoms with Gasteiger partial charge in [0.1, 0.15) is 5.69 Å². The van der Waals surface area contributed by atoms with Crippen LogP contribution in [0.4, 0.5) is 5.95 Å². The molecule has 3 aromatic heterocycles. The van der Waals surface area contributed by atoms with Gasteiger partial charge >= 0.3 is 0 Å². The number of hydrogen-bond acceptors (Lipinski definition) is 8. The van der Waals surface area contributed by atoms with Crippen molar-refractivity contribution in [3.8, 4) is 22.8 Å². The number of nitrogens with zero attached hydrogens (tertiary/aromatic N) is 5. The maximum Gasteiger partial charge on any atom is 0.226 e. The molecule has 1 fully saturated rings. The summed E-state index contributed by atoms with van der Waals surface area (Å²) in [7, 11) is 1.73. The van der Waals surface area contributed by atoms with Crippen molar-refractivity contribution in [3.63, 3.8) is 0 Å². The minimum Gasteiger partial charge on any atom is -0.463 e. The molecule has 4 rings (SSSR count). The molecule has 8 nitrogen and oxygen atoms in total. The van der Waals surface area contributed by atoms with E-state index in [2.05, 4.69) is 19.9 Å². The molecule has 0 N–H and O–H groups in total. The average Bonchev–Trinajstić information content (AvgIpc) is 3.38. The summed E-state index contributed by atoms with van der Waals surface area (Å²) in [6, 6.07) is 5.61. The Balaban J connectivity index is 1.59. The van der Waals surface area contributed by atoms with Gasteiger partial charge in [-0.15, -0.1) is 0 Å². The molecule has 1 aliphatic heterocycles. The molecule has 0 saturated carbocycles. The summed E-state index contributed by atoms with van der Waals surface area (Å²) >= 11 is 0. The van der Waals surface area contributed by atoms with Gasteiger partial charge in [-0.1, -0.05) is 5.16 Å². The van der Waals surface area contributed by atoms with Crippen LogP contribution >= 0.6 is 0 Å². The second kappa shape index (κ2) is 7.89. The van der Waals surface area contributed by atoms with Crippen LogP contribution in [0.3, 0.4) is 0 Å². The second-order valence-electron chi connectivity index (χ2n) is 6.56. The zero-order valence-electron chi connectivity index (χ0n) is 15.6. The highest BCUT2D eigenvalue weighted by Crippen LogP contribution is 2.32. The van der Waals surface area contributed by atoms with Crippen molar-refractivity contribution >= 4 is 5.95 Å². The quantitative estimate of drug-likeness (QED) is 0.655. The smallest absolute Gasteiger partial charge is 0.226 e. The van der Waals surface area contributed by atoms with Crippen molar-refractivity contribution in [1.82, 2.24) is 20.0 Å². The Labute approximate surface area is 157 Å². The highest BCUT2D eigenvalue weighted by Gasteiger charge is 2.22. The molecule has 0 aliphatic carbocycles. The molecule has 0 spiro atoms. The molecule has 0 radical (unpaired) electrons. The van der Waals surface area contributed by atoms with E-state index in [0.717, 1.165) is 50.6 Å². The van der Waals surface area contributed by atoms with Crippen LogP contribution in [0.15, 0.2) is 39.6 Å². The van der Waals surface area contributed by atoms with E-state index in [0.29, 0.717) is 23.2 Å². The Morgan fingerprint density at radius 2 is 2.04 bits per heavy atom. The lowest BCUT2D eigenvalue weighted by molar-refractivity contribution is 0.143. The fourth-order valence-corrected chi connectivity index (χ4v) is 3.19. The van der Waals surface area contributed by atoms with E-state index in [1.54, 1.807) is 19.6 Å². The molecule has 142 valence electrons. The number of methoxy groups -OCH3 is 1. The van der Waals surface area contributed by atoms with Gasteiger partial charge in [-0.25, -0.2) is 9.97 Å². The molecule has 0 bridgehead atoms. The first-order valence-corrected chi connectivity index (χ1v) is 9.05. The van der Waals surface area contributed by atoms with Crippen molar-refractivity contribution in [2.45, 2.75) is 6.92 Å². The van der Waals surface area contributed by atoms with Crippen molar-refractivity contribution in [2.75, 3.05) is 51.3 Å². The SMILES string of the molecule is COCCN1CCN(c2ncc(-c3cc(C)no3)c(-c3ccco3)n2)CC1. The number of piperazine rings is 1. The van der Waals surface area contributed by atoms with Crippen molar-refractivity contribution < 1.29 is 13.7 Å². The number of hydrogen-bond donors (Lipinski definition) is 0. The van der Waals surface area contributed by atoms with Gasteiger partial charge in [0.15, 0.2) is 11.5 Å². The van der Waals surface area contributed by atoms with Gasteiger partial charge in [-0.05, 0) is 19.1 Å². The van der Waals surface area contributed by atoms with Crippen LogP contribution in [-0.2, 0) is 4.74 Å². The van der Waals surface area contributed by atoms with Crippen LogP contribution in [0.5, 0.6) is 0 Å². The zero-order chi connectivity index (χ0) is 18.6. The fourth-order valence-electron chi connectivity index (χ4n) is 3.19. The number of aromatic nitrogens is 3. The molecule has 0 amide bonds. The van der Waals surface area contributed by atoms with E-state index < -0.39 is 0 Å².